The average Bonchev–Trinajstić information content (AvgIpc) is 3.05. The van der Waals surface area contributed by atoms with E-state index in [1.165, 1.54) is 6.07 Å². The van der Waals surface area contributed by atoms with E-state index in [9.17, 15) is 19.6 Å². The quantitative estimate of drug-likeness (QED) is 0.288. The molecule has 32 heavy (non-hydrogen) atoms. The van der Waals surface area contributed by atoms with E-state index < -0.39 is 22.5 Å². The number of ether oxygens (including phenoxy) is 1. The molecule has 0 saturated heterocycles. The second kappa shape index (κ2) is 5.86. The number of amides is 1. The van der Waals surface area contributed by atoms with E-state index in [4.69, 9.17) is 14.9 Å². The van der Waals surface area contributed by atoms with Gasteiger partial charge in [0.2, 0.25) is 11.8 Å². The molecule has 1 atom stereocenters. The molecule has 0 bridgehead atoms. The van der Waals surface area contributed by atoms with Crippen molar-refractivity contribution in [1.82, 2.24) is 4.98 Å². The van der Waals surface area contributed by atoms with Gasteiger partial charge in [0.1, 0.15) is 23.0 Å². The van der Waals surface area contributed by atoms with Gasteiger partial charge in [0.05, 0.1) is 16.5 Å². The molecule has 154 valence electrons. The first-order chi connectivity index (χ1) is 15.5. The summed E-state index contributed by atoms with van der Waals surface area (Å²) in [5, 5.41) is 13.6. The highest BCUT2D eigenvalue weighted by Gasteiger charge is 2.58. The molecule has 0 aliphatic carbocycles. The third-order valence-corrected chi connectivity index (χ3v) is 5.97. The standard InChI is InChI=1S/C23H12N4O5/c24-9-12-20(25)32-19-17-10-5-8-16(28)31-15(10)7-6-14(17)26-21(29)18(19)23(12)11-3-1-2-4-13(11)27-22(23)30/h1-8H,25H2,(H,26,29)(H,27,30). The van der Waals surface area contributed by atoms with Gasteiger partial charge in [0, 0.05) is 22.7 Å². The maximum atomic E-state index is 13.5. The van der Waals surface area contributed by atoms with Crippen molar-refractivity contribution < 1.29 is 13.9 Å². The van der Waals surface area contributed by atoms with Gasteiger partial charge in [-0.05, 0) is 24.3 Å². The highest BCUT2D eigenvalue weighted by atomic mass is 16.5. The lowest BCUT2D eigenvalue weighted by Crippen LogP contribution is -2.46. The molecule has 0 fully saturated rings. The fourth-order valence-corrected chi connectivity index (χ4v) is 4.72. The monoisotopic (exact) mass is 424 g/mol. The summed E-state index contributed by atoms with van der Waals surface area (Å²) < 4.78 is 11.1. The van der Waals surface area contributed by atoms with E-state index in [0.717, 1.165) is 0 Å². The summed E-state index contributed by atoms with van der Waals surface area (Å²) in [6.45, 7) is 0. The molecule has 4 aromatic rings. The highest BCUT2D eigenvalue weighted by molar-refractivity contribution is 6.15. The number of carbonyl (C=O) groups excluding carboxylic acids is 1. The minimum Gasteiger partial charge on any atom is -0.439 e. The fraction of sp³-hybridized carbons (Fsp3) is 0.0435. The molecule has 9 nitrogen and oxygen atoms in total. The first-order valence-electron chi connectivity index (χ1n) is 9.59. The average molecular weight is 424 g/mol. The molecular formula is C23H12N4O5. The minimum absolute atomic E-state index is 0.0338. The zero-order valence-electron chi connectivity index (χ0n) is 16.2. The van der Waals surface area contributed by atoms with Crippen LogP contribution in [0, 0.1) is 11.3 Å². The summed E-state index contributed by atoms with van der Waals surface area (Å²) in [7, 11) is 0. The van der Waals surface area contributed by atoms with Crippen LogP contribution in [0.15, 0.2) is 74.0 Å². The van der Waals surface area contributed by atoms with Crippen molar-refractivity contribution in [2.24, 2.45) is 5.73 Å². The van der Waals surface area contributed by atoms with Gasteiger partial charge in [-0.3, -0.25) is 9.59 Å². The Morgan fingerprint density at radius 1 is 1.03 bits per heavy atom. The number of pyridine rings is 1. The zero-order chi connectivity index (χ0) is 22.2. The van der Waals surface area contributed by atoms with Crippen molar-refractivity contribution in [3.05, 3.63) is 91.9 Å². The molecule has 9 heteroatoms. The van der Waals surface area contributed by atoms with Crippen LogP contribution in [0.5, 0.6) is 5.75 Å². The molecule has 1 amide bonds. The predicted molar refractivity (Wildman–Crippen MR) is 114 cm³/mol. The van der Waals surface area contributed by atoms with Gasteiger partial charge in [-0.25, -0.2) is 4.79 Å². The molecule has 2 aromatic heterocycles. The number of nitrogens with zero attached hydrogens (tertiary/aromatic N) is 1. The van der Waals surface area contributed by atoms with Crippen molar-refractivity contribution in [2.75, 3.05) is 5.32 Å². The van der Waals surface area contributed by atoms with E-state index in [1.54, 1.807) is 42.5 Å². The van der Waals surface area contributed by atoms with Crippen LogP contribution in [0.25, 0.3) is 21.9 Å². The van der Waals surface area contributed by atoms with Crippen molar-refractivity contribution in [1.29, 1.82) is 5.26 Å². The van der Waals surface area contributed by atoms with Crippen LogP contribution in [0.1, 0.15) is 11.1 Å². The van der Waals surface area contributed by atoms with Crippen LogP contribution in [0.3, 0.4) is 0 Å². The number of para-hydroxylation sites is 1. The predicted octanol–water partition coefficient (Wildman–Crippen LogP) is 1.96. The largest absolute Gasteiger partial charge is 0.439 e. The molecule has 2 aromatic carbocycles. The number of fused-ring (bicyclic) bond motifs is 8. The second-order valence-electron chi connectivity index (χ2n) is 7.52. The van der Waals surface area contributed by atoms with Gasteiger partial charge in [0.25, 0.3) is 5.56 Å². The number of hydrogen-bond acceptors (Lipinski definition) is 7. The van der Waals surface area contributed by atoms with E-state index in [0.29, 0.717) is 27.5 Å². The van der Waals surface area contributed by atoms with E-state index in [-0.39, 0.29) is 28.4 Å². The molecule has 0 radical (unpaired) electrons. The first kappa shape index (κ1) is 18.0. The number of hydrogen-bond donors (Lipinski definition) is 3. The lowest BCUT2D eigenvalue weighted by atomic mass is 9.69. The van der Waals surface area contributed by atoms with Crippen molar-refractivity contribution in [2.45, 2.75) is 5.41 Å². The topological polar surface area (TPSA) is 151 Å². The van der Waals surface area contributed by atoms with Crippen LogP contribution >= 0.6 is 0 Å². The molecular weight excluding hydrogens is 412 g/mol. The van der Waals surface area contributed by atoms with E-state index in [2.05, 4.69) is 10.3 Å². The van der Waals surface area contributed by atoms with Crippen LogP contribution < -0.4 is 27.0 Å². The molecule has 4 N–H and O–H groups in total. The molecule has 1 spiro atoms. The van der Waals surface area contributed by atoms with Gasteiger partial charge in [-0.15, -0.1) is 0 Å². The summed E-state index contributed by atoms with van der Waals surface area (Å²) in [6.07, 6.45) is 0. The molecule has 2 aliphatic rings. The Bertz CT molecular complexity index is 1720. The Morgan fingerprint density at radius 2 is 1.84 bits per heavy atom. The normalized spacial score (nSPS) is 18.9. The number of aromatic amines is 1. The maximum Gasteiger partial charge on any atom is 0.336 e. The fourth-order valence-electron chi connectivity index (χ4n) is 4.72. The molecule has 6 rings (SSSR count). The number of nitrogens with one attached hydrogen (secondary N) is 2. The summed E-state index contributed by atoms with van der Waals surface area (Å²) in [5.41, 5.74) is 4.54. The lowest BCUT2D eigenvalue weighted by molar-refractivity contribution is -0.118. The Balaban J connectivity index is 1.87. The van der Waals surface area contributed by atoms with Crippen molar-refractivity contribution in [3.8, 4) is 11.8 Å². The SMILES string of the molecule is N#CC1=C(N)Oc2c(c(=O)[nH]c3ccc4oc(=O)ccc4c23)C12C(=O)Nc1ccccc12. The van der Waals surface area contributed by atoms with E-state index in [1.807, 2.05) is 6.07 Å². The smallest absolute Gasteiger partial charge is 0.336 e. The Labute approximate surface area is 178 Å². The minimum atomic E-state index is -1.79. The maximum absolute atomic E-state index is 13.5. The molecule has 1 unspecified atom stereocenters. The Kier molecular flexibility index (Phi) is 3.29. The summed E-state index contributed by atoms with van der Waals surface area (Å²) in [4.78, 5) is 41.3. The number of carbonyl (C=O) groups is 1. The third-order valence-electron chi connectivity index (χ3n) is 5.97. The van der Waals surface area contributed by atoms with Crippen LogP contribution in [0.4, 0.5) is 5.69 Å². The number of anilines is 1. The summed E-state index contributed by atoms with van der Waals surface area (Å²) >= 11 is 0. The lowest BCUT2D eigenvalue weighted by Gasteiger charge is -2.33. The number of benzene rings is 2. The number of rotatable bonds is 0. The first-order valence-corrected chi connectivity index (χ1v) is 9.59. The summed E-state index contributed by atoms with van der Waals surface area (Å²) in [5.74, 6) is -0.834. The number of H-pyrrole nitrogens is 1. The number of nitrogens with two attached hydrogens (primary N) is 1. The van der Waals surface area contributed by atoms with Gasteiger partial charge in [-0.2, -0.15) is 5.26 Å². The number of nitriles is 1. The molecule has 0 saturated carbocycles. The van der Waals surface area contributed by atoms with Gasteiger partial charge in [0.15, 0.2) is 5.41 Å². The highest BCUT2D eigenvalue weighted by Crippen LogP contribution is 2.53. The molecule has 2 aliphatic heterocycles. The Hall–Kier alpha value is -4.84. The Morgan fingerprint density at radius 3 is 2.66 bits per heavy atom. The van der Waals surface area contributed by atoms with Crippen molar-refractivity contribution >= 4 is 33.5 Å². The number of aromatic nitrogens is 1. The zero-order valence-corrected chi connectivity index (χ0v) is 16.2. The van der Waals surface area contributed by atoms with Crippen LogP contribution in [0.2, 0.25) is 0 Å². The van der Waals surface area contributed by atoms with Crippen molar-refractivity contribution in [3.63, 3.8) is 0 Å². The van der Waals surface area contributed by atoms with Gasteiger partial charge < -0.3 is 25.2 Å². The molecule has 4 heterocycles. The third kappa shape index (κ3) is 1.98. The second-order valence-corrected chi connectivity index (χ2v) is 7.52. The van der Waals surface area contributed by atoms with Gasteiger partial charge >= 0.3 is 5.63 Å². The van der Waals surface area contributed by atoms with Crippen LogP contribution in [-0.4, -0.2) is 10.9 Å². The summed E-state index contributed by atoms with van der Waals surface area (Å²) in [6, 6.07) is 14.7. The van der Waals surface area contributed by atoms with Crippen LogP contribution in [-0.2, 0) is 10.2 Å². The van der Waals surface area contributed by atoms with E-state index >= 15 is 0 Å². The van der Waals surface area contributed by atoms with Gasteiger partial charge in [-0.1, -0.05) is 18.2 Å².